The third-order valence-corrected chi connectivity index (χ3v) is 9.96. The Morgan fingerprint density at radius 3 is 2.27 bits per heavy atom. The van der Waals surface area contributed by atoms with Crippen LogP contribution in [0.25, 0.3) is 0 Å². The van der Waals surface area contributed by atoms with Crippen LogP contribution in [0.1, 0.15) is 57.2 Å². The van der Waals surface area contributed by atoms with E-state index in [1.165, 1.54) is 42.8 Å². The Labute approximate surface area is 179 Å². The minimum absolute atomic E-state index is 0.107. The number of amides is 1. The third-order valence-electron chi connectivity index (χ3n) is 8.19. The summed E-state index contributed by atoms with van der Waals surface area (Å²) in [6.07, 6.45) is 10.8. The van der Waals surface area contributed by atoms with E-state index in [2.05, 4.69) is 4.98 Å². The van der Waals surface area contributed by atoms with Gasteiger partial charge in [0.2, 0.25) is 5.91 Å². The summed E-state index contributed by atoms with van der Waals surface area (Å²) in [5, 5.41) is 0.107. The lowest BCUT2D eigenvalue weighted by molar-refractivity contribution is -0.139. The van der Waals surface area contributed by atoms with Crippen molar-refractivity contribution in [3.8, 4) is 0 Å². The molecular formula is C22H34N4O3S. The van der Waals surface area contributed by atoms with E-state index in [1.807, 2.05) is 4.90 Å². The summed E-state index contributed by atoms with van der Waals surface area (Å²) in [5.74, 6) is 3.45. The van der Waals surface area contributed by atoms with Crippen molar-refractivity contribution < 1.29 is 13.2 Å². The zero-order chi connectivity index (χ0) is 21.1. The van der Waals surface area contributed by atoms with Crippen LogP contribution in [0.5, 0.6) is 0 Å². The van der Waals surface area contributed by atoms with Crippen LogP contribution in [-0.2, 0) is 21.9 Å². The molecule has 4 bridgehead atoms. The summed E-state index contributed by atoms with van der Waals surface area (Å²) < 4.78 is 29.3. The minimum Gasteiger partial charge on any atom is -0.341 e. The molecular weight excluding hydrogens is 400 g/mol. The summed E-state index contributed by atoms with van der Waals surface area (Å²) in [4.78, 5) is 19.4. The molecule has 1 aromatic rings. The second kappa shape index (κ2) is 7.33. The molecule has 0 radical (unpaired) electrons. The van der Waals surface area contributed by atoms with Crippen LogP contribution in [0.15, 0.2) is 11.2 Å². The molecule has 0 unspecified atom stereocenters. The van der Waals surface area contributed by atoms with Gasteiger partial charge >= 0.3 is 0 Å². The Balaban J connectivity index is 1.24. The Morgan fingerprint density at radius 2 is 1.70 bits per heavy atom. The van der Waals surface area contributed by atoms with Gasteiger partial charge in [-0.3, -0.25) is 4.79 Å². The maximum atomic E-state index is 13.3. The highest BCUT2D eigenvalue weighted by atomic mass is 32.2. The van der Waals surface area contributed by atoms with E-state index in [4.69, 9.17) is 0 Å². The van der Waals surface area contributed by atoms with E-state index < -0.39 is 10.0 Å². The van der Waals surface area contributed by atoms with E-state index in [9.17, 15) is 13.2 Å². The van der Waals surface area contributed by atoms with Gasteiger partial charge in [-0.05, 0) is 75.0 Å². The van der Waals surface area contributed by atoms with Crippen LogP contribution in [0.3, 0.4) is 0 Å². The van der Waals surface area contributed by atoms with Crippen LogP contribution in [0.2, 0.25) is 0 Å². The normalized spacial score (nSPS) is 34.3. The molecule has 4 aliphatic carbocycles. The van der Waals surface area contributed by atoms with E-state index in [0.29, 0.717) is 44.8 Å². The largest absolute Gasteiger partial charge is 0.341 e. The fraction of sp³-hybridized carbons (Fsp3) is 0.818. The molecule has 1 aliphatic heterocycles. The molecule has 8 heteroatoms. The molecule has 7 nitrogen and oxygen atoms in total. The van der Waals surface area contributed by atoms with Gasteiger partial charge in [-0.2, -0.15) is 4.31 Å². The van der Waals surface area contributed by atoms with Gasteiger partial charge in [0.1, 0.15) is 5.82 Å². The van der Waals surface area contributed by atoms with E-state index in [-0.39, 0.29) is 16.3 Å². The first-order chi connectivity index (χ1) is 14.2. The number of sulfonamides is 1. The molecule has 1 aromatic heterocycles. The fourth-order valence-corrected chi connectivity index (χ4v) is 8.60. The van der Waals surface area contributed by atoms with Crippen molar-refractivity contribution in [2.24, 2.45) is 30.2 Å². The molecule has 2 heterocycles. The highest BCUT2D eigenvalue weighted by Gasteiger charge is 2.51. The molecule has 5 fully saturated rings. The molecule has 4 saturated carbocycles. The molecule has 0 aromatic carbocycles. The number of imidazole rings is 1. The van der Waals surface area contributed by atoms with Gasteiger partial charge in [0.15, 0.2) is 5.03 Å². The van der Waals surface area contributed by atoms with Crippen LogP contribution in [-0.4, -0.2) is 59.3 Å². The Bertz CT molecular complexity index is 883. The van der Waals surface area contributed by atoms with E-state index >= 15 is 0 Å². The van der Waals surface area contributed by atoms with Crippen molar-refractivity contribution in [3.63, 3.8) is 0 Å². The zero-order valence-electron chi connectivity index (χ0n) is 18.2. The van der Waals surface area contributed by atoms with Gasteiger partial charge in [0, 0.05) is 45.8 Å². The van der Waals surface area contributed by atoms with Crippen molar-refractivity contribution >= 4 is 15.9 Å². The number of hydrogen-bond acceptors (Lipinski definition) is 4. The van der Waals surface area contributed by atoms with Gasteiger partial charge < -0.3 is 9.47 Å². The first-order valence-electron chi connectivity index (χ1n) is 11.5. The average Bonchev–Trinajstić information content (AvgIpc) is 2.87. The maximum Gasteiger partial charge on any atom is 0.262 e. The van der Waals surface area contributed by atoms with Crippen molar-refractivity contribution in [1.29, 1.82) is 0 Å². The van der Waals surface area contributed by atoms with E-state index in [0.717, 1.165) is 17.8 Å². The lowest BCUT2D eigenvalue weighted by Crippen LogP contribution is -2.48. The topological polar surface area (TPSA) is 75.5 Å². The van der Waals surface area contributed by atoms with Gasteiger partial charge in [-0.25, -0.2) is 13.4 Å². The van der Waals surface area contributed by atoms with Crippen LogP contribution < -0.4 is 0 Å². The Morgan fingerprint density at radius 1 is 1.07 bits per heavy atom. The number of hydrogen-bond donors (Lipinski definition) is 0. The Kier molecular flexibility index (Phi) is 5.01. The lowest BCUT2D eigenvalue weighted by Gasteiger charge is -2.57. The number of rotatable bonds is 4. The fourth-order valence-electron chi connectivity index (χ4n) is 7.11. The molecule has 1 amide bonds. The standard InChI is InChI=1S/C22H34N4O3S/c1-16-23-20(15-24(16)2)30(28,29)26-5-3-4-25(6-7-26)21(27)14-22-11-17-8-18(12-22)10-19(9-17)13-22/h15,17-19H,3-14H2,1-2H3. The SMILES string of the molecule is Cc1nc(S(=O)(=O)N2CCCN(C(=O)CC34CC5CC(CC(C5)C3)C4)CC2)cn1C. The molecule has 166 valence electrons. The molecule has 6 rings (SSSR count). The zero-order valence-corrected chi connectivity index (χ0v) is 19.0. The van der Waals surface area contributed by atoms with Crippen molar-refractivity contribution in [2.45, 2.75) is 63.3 Å². The Hall–Kier alpha value is -1.41. The summed E-state index contributed by atoms with van der Waals surface area (Å²) in [6, 6.07) is 0. The smallest absolute Gasteiger partial charge is 0.262 e. The number of aryl methyl sites for hydroxylation is 2. The quantitative estimate of drug-likeness (QED) is 0.730. The first kappa shape index (κ1) is 20.5. The highest BCUT2D eigenvalue weighted by molar-refractivity contribution is 7.89. The highest BCUT2D eigenvalue weighted by Crippen LogP contribution is 2.61. The van der Waals surface area contributed by atoms with Gasteiger partial charge in [-0.15, -0.1) is 0 Å². The van der Waals surface area contributed by atoms with Gasteiger partial charge in [-0.1, -0.05) is 0 Å². The molecule has 0 N–H and O–H groups in total. The maximum absolute atomic E-state index is 13.3. The van der Waals surface area contributed by atoms with Gasteiger partial charge in [0.25, 0.3) is 10.0 Å². The molecule has 5 aliphatic rings. The predicted octanol–water partition coefficient (Wildman–Crippen LogP) is 2.56. The number of carbonyl (C=O) groups excluding carboxylic acids is 1. The monoisotopic (exact) mass is 434 g/mol. The van der Waals surface area contributed by atoms with Crippen LogP contribution in [0, 0.1) is 30.1 Å². The van der Waals surface area contributed by atoms with Crippen molar-refractivity contribution in [2.75, 3.05) is 26.2 Å². The van der Waals surface area contributed by atoms with Crippen LogP contribution in [0.4, 0.5) is 0 Å². The molecule has 0 atom stereocenters. The summed E-state index contributed by atoms with van der Waals surface area (Å²) in [6.45, 7) is 3.73. The molecule has 0 spiro atoms. The number of aromatic nitrogens is 2. The second-order valence-electron chi connectivity index (χ2n) is 10.5. The average molecular weight is 435 g/mol. The lowest BCUT2D eigenvalue weighted by atomic mass is 9.49. The molecule has 1 saturated heterocycles. The summed E-state index contributed by atoms with van der Waals surface area (Å²) in [7, 11) is -1.82. The predicted molar refractivity (Wildman–Crippen MR) is 113 cm³/mol. The molecule has 30 heavy (non-hydrogen) atoms. The van der Waals surface area contributed by atoms with E-state index in [1.54, 1.807) is 24.7 Å². The van der Waals surface area contributed by atoms with Crippen LogP contribution >= 0.6 is 0 Å². The summed E-state index contributed by atoms with van der Waals surface area (Å²) in [5.41, 5.74) is 0.232. The third kappa shape index (κ3) is 3.60. The summed E-state index contributed by atoms with van der Waals surface area (Å²) >= 11 is 0. The van der Waals surface area contributed by atoms with Crippen molar-refractivity contribution in [1.82, 2.24) is 18.8 Å². The van der Waals surface area contributed by atoms with Gasteiger partial charge in [0.05, 0.1) is 0 Å². The second-order valence-corrected chi connectivity index (χ2v) is 12.4. The number of nitrogens with zero attached hydrogens (tertiary/aromatic N) is 4. The number of carbonyl (C=O) groups is 1. The van der Waals surface area contributed by atoms with Crippen molar-refractivity contribution in [3.05, 3.63) is 12.0 Å². The minimum atomic E-state index is -3.62. The first-order valence-corrected chi connectivity index (χ1v) is 13.0.